The van der Waals surface area contributed by atoms with Gasteiger partial charge in [0, 0.05) is 32.4 Å². The number of nitrogens with one attached hydrogen (secondary N) is 1. The number of rotatable bonds is 3. The van der Waals surface area contributed by atoms with Crippen molar-refractivity contribution in [1.82, 2.24) is 14.8 Å². The fourth-order valence-corrected chi connectivity index (χ4v) is 2.54. The van der Waals surface area contributed by atoms with E-state index in [4.69, 9.17) is 0 Å². The Balaban J connectivity index is 2.22. The Morgan fingerprint density at radius 1 is 1.50 bits per heavy atom. The Bertz CT molecular complexity index is 422. The van der Waals surface area contributed by atoms with Gasteiger partial charge in [0.25, 0.3) is 5.91 Å². The fourth-order valence-electron chi connectivity index (χ4n) is 2.54. The number of carbonyl (C=O) groups excluding carboxylic acids is 1. The first-order valence-electron chi connectivity index (χ1n) is 6.74. The Morgan fingerprint density at radius 3 is 2.94 bits per heavy atom. The van der Waals surface area contributed by atoms with Crippen LogP contribution in [0.15, 0.2) is 18.3 Å². The van der Waals surface area contributed by atoms with Gasteiger partial charge in [-0.05, 0) is 32.4 Å². The molecule has 4 nitrogen and oxygen atoms in total. The monoisotopic (exact) mass is 249 g/mol. The van der Waals surface area contributed by atoms with Gasteiger partial charge in [-0.2, -0.15) is 0 Å². The van der Waals surface area contributed by atoms with E-state index in [0.717, 1.165) is 38.3 Å². The van der Waals surface area contributed by atoms with Crippen LogP contribution in [0.3, 0.4) is 0 Å². The molecule has 18 heavy (non-hydrogen) atoms. The molecule has 0 atom stereocenters. The highest BCUT2D eigenvalue weighted by atomic mass is 16.2. The van der Waals surface area contributed by atoms with E-state index in [2.05, 4.69) is 30.7 Å². The van der Waals surface area contributed by atoms with Crippen LogP contribution in [-0.2, 0) is 6.54 Å². The van der Waals surface area contributed by atoms with Gasteiger partial charge in [-0.15, -0.1) is 0 Å². The van der Waals surface area contributed by atoms with E-state index < -0.39 is 0 Å². The van der Waals surface area contributed by atoms with E-state index in [1.165, 1.54) is 0 Å². The molecule has 1 aliphatic heterocycles. The van der Waals surface area contributed by atoms with Crippen LogP contribution in [0.4, 0.5) is 0 Å². The lowest BCUT2D eigenvalue weighted by atomic mass is 9.99. The van der Waals surface area contributed by atoms with Crippen molar-refractivity contribution in [2.75, 3.05) is 19.6 Å². The molecule has 100 valence electrons. The van der Waals surface area contributed by atoms with E-state index >= 15 is 0 Å². The SMILES string of the molecule is CCCn1cccc1C(=O)N1CCNCC1(C)C. The van der Waals surface area contributed by atoms with E-state index in [-0.39, 0.29) is 11.4 Å². The second kappa shape index (κ2) is 5.14. The van der Waals surface area contributed by atoms with E-state index in [1.807, 2.05) is 23.2 Å². The second-order valence-electron chi connectivity index (χ2n) is 5.53. The third-order valence-corrected chi connectivity index (χ3v) is 3.56. The summed E-state index contributed by atoms with van der Waals surface area (Å²) in [5, 5.41) is 3.34. The van der Waals surface area contributed by atoms with Gasteiger partial charge in [0.1, 0.15) is 5.69 Å². The lowest BCUT2D eigenvalue weighted by Gasteiger charge is -2.42. The third-order valence-electron chi connectivity index (χ3n) is 3.56. The largest absolute Gasteiger partial charge is 0.344 e. The Morgan fingerprint density at radius 2 is 2.28 bits per heavy atom. The smallest absolute Gasteiger partial charge is 0.271 e. The Hall–Kier alpha value is -1.29. The lowest BCUT2D eigenvalue weighted by molar-refractivity contribution is 0.0466. The van der Waals surface area contributed by atoms with Gasteiger partial charge in [0.15, 0.2) is 0 Å². The number of amides is 1. The molecule has 1 saturated heterocycles. The summed E-state index contributed by atoms with van der Waals surface area (Å²) in [6.45, 7) is 9.78. The number of nitrogens with zero attached hydrogens (tertiary/aromatic N) is 2. The zero-order valence-corrected chi connectivity index (χ0v) is 11.6. The van der Waals surface area contributed by atoms with Crippen LogP contribution in [0.25, 0.3) is 0 Å². The molecule has 1 aromatic heterocycles. The molecule has 1 amide bonds. The summed E-state index contributed by atoms with van der Waals surface area (Å²) in [6.07, 6.45) is 3.03. The third kappa shape index (κ3) is 2.43. The molecule has 1 aliphatic rings. The highest BCUT2D eigenvalue weighted by Gasteiger charge is 2.34. The molecule has 2 rings (SSSR count). The molecule has 0 unspecified atom stereocenters. The fraction of sp³-hybridized carbons (Fsp3) is 0.643. The van der Waals surface area contributed by atoms with Crippen molar-refractivity contribution < 1.29 is 4.79 Å². The molecule has 0 aliphatic carbocycles. The van der Waals surface area contributed by atoms with Gasteiger partial charge < -0.3 is 14.8 Å². The molecule has 1 fully saturated rings. The summed E-state index contributed by atoms with van der Waals surface area (Å²) in [4.78, 5) is 14.6. The van der Waals surface area contributed by atoms with Gasteiger partial charge in [-0.1, -0.05) is 6.92 Å². The van der Waals surface area contributed by atoms with Crippen LogP contribution in [0.5, 0.6) is 0 Å². The van der Waals surface area contributed by atoms with Gasteiger partial charge >= 0.3 is 0 Å². The van der Waals surface area contributed by atoms with Gasteiger partial charge in [-0.3, -0.25) is 4.79 Å². The first-order chi connectivity index (χ1) is 8.56. The topological polar surface area (TPSA) is 37.3 Å². The second-order valence-corrected chi connectivity index (χ2v) is 5.53. The summed E-state index contributed by atoms with van der Waals surface area (Å²) in [7, 11) is 0. The van der Waals surface area contributed by atoms with Crippen molar-refractivity contribution in [2.24, 2.45) is 0 Å². The highest BCUT2D eigenvalue weighted by molar-refractivity contribution is 5.93. The Labute approximate surface area is 109 Å². The van der Waals surface area contributed by atoms with E-state index in [1.54, 1.807) is 0 Å². The summed E-state index contributed by atoms with van der Waals surface area (Å²) in [5.74, 6) is 0.153. The molecule has 0 spiro atoms. The number of hydrogen-bond donors (Lipinski definition) is 1. The van der Waals surface area contributed by atoms with Crippen molar-refractivity contribution in [3.05, 3.63) is 24.0 Å². The molecule has 2 heterocycles. The summed E-state index contributed by atoms with van der Waals surface area (Å²) in [6, 6.07) is 3.88. The van der Waals surface area contributed by atoms with Gasteiger partial charge in [-0.25, -0.2) is 0 Å². The van der Waals surface area contributed by atoms with Gasteiger partial charge in [0.2, 0.25) is 0 Å². The van der Waals surface area contributed by atoms with Crippen LogP contribution >= 0.6 is 0 Å². The van der Waals surface area contributed by atoms with Crippen LogP contribution in [-0.4, -0.2) is 40.5 Å². The first kappa shape index (κ1) is 13.1. The average Bonchev–Trinajstić information content (AvgIpc) is 2.76. The van der Waals surface area contributed by atoms with Crippen LogP contribution in [0.1, 0.15) is 37.7 Å². The molecule has 1 aromatic rings. The molecule has 4 heteroatoms. The zero-order valence-electron chi connectivity index (χ0n) is 11.6. The molecular weight excluding hydrogens is 226 g/mol. The average molecular weight is 249 g/mol. The summed E-state index contributed by atoms with van der Waals surface area (Å²) >= 11 is 0. The number of carbonyl (C=O) groups is 1. The van der Waals surface area contributed by atoms with Gasteiger partial charge in [0.05, 0.1) is 5.54 Å². The maximum Gasteiger partial charge on any atom is 0.271 e. The maximum atomic E-state index is 12.6. The van der Waals surface area contributed by atoms with Crippen molar-refractivity contribution in [3.8, 4) is 0 Å². The predicted octanol–water partition coefficient (Wildman–Crippen LogP) is 1.72. The minimum atomic E-state index is -0.114. The lowest BCUT2D eigenvalue weighted by Crippen LogP contribution is -2.60. The minimum Gasteiger partial charge on any atom is -0.344 e. The summed E-state index contributed by atoms with van der Waals surface area (Å²) in [5.41, 5.74) is 0.697. The van der Waals surface area contributed by atoms with E-state index in [9.17, 15) is 4.79 Å². The van der Waals surface area contributed by atoms with E-state index in [0.29, 0.717) is 0 Å². The number of aryl methyl sites for hydroxylation is 1. The molecule has 0 radical (unpaired) electrons. The molecule has 1 N–H and O–H groups in total. The predicted molar refractivity (Wildman–Crippen MR) is 72.7 cm³/mol. The zero-order chi connectivity index (χ0) is 13.2. The standard InChI is InChI=1S/C14H23N3O/c1-4-8-16-9-5-6-12(16)13(18)17-10-7-15-11-14(17,2)3/h5-6,9,15H,4,7-8,10-11H2,1-3H3. The Kier molecular flexibility index (Phi) is 3.76. The summed E-state index contributed by atoms with van der Waals surface area (Å²) < 4.78 is 2.06. The normalized spacial score (nSPS) is 18.9. The minimum absolute atomic E-state index is 0.114. The first-order valence-corrected chi connectivity index (χ1v) is 6.74. The quantitative estimate of drug-likeness (QED) is 0.885. The van der Waals surface area contributed by atoms with Crippen LogP contribution in [0, 0.1) is 0 Å². The van der Waals surface area contributed by atoms with Crippen LogP contribution in [0.2, 0.25) is 0 Å². The van der Waals surface area contributed by atoms with Crippen LogP contribution < -0.4 is 5.32 Å². The van der Waals surface area contributed by atoms with Crippen molar-refractivity contribution in [3.63, 3.8) is 0 Å². The highest BCUT2D eigenvalue weighted by Crippen LogP contribution is 2.20. The van der Waals surface area contributed by atoms with Crippen molar-refractivity contribution in [1.29, 1.82) is 0 Å². The maximum absolute atomic E-state index is 12.6. The number of hydrogen-bond acceptors (Lipinski definition) is 2. The number of aromatic nitrogens is 1. The molecule has 0 saturated carbocycles. The van der Waals surface area contributed by atoms with Crippen molar-refractivity contribution >= 4 is 5.91 Å². The van der Waals surface area contributed by atoms with Crippen molar-refractivity contribution in [2.45, 2.75) is 39.3 Å². The molecule has 0 bridgehead atoms. The molecular formula is C14H23N3O. The molecule has 0 aromatic carbocycles. The number of piperazine rings is 1.